The SMILES string of the molecule is CC1(C)CN(c2ccc(F)c(Cl)c2)[C@@H]2CCCC[C@@H]2N1. The van der Waals surface area contributed by atoms with Crippen LogP contribution in [0.2, 0.25) is 5.02 Å². The molecule has 1 aromatic rings. The van der Waals surface area contributed by atoms with Gasteiger partial charge in [-0.1, -0.05) is 24.4 Å². The van der Waals surface area contributed by atoms with E-state index in [-0.39, 0.29) is 16.4 Å². The van der Waals surface area contributed by atoms with Crippen molar-refractivity contribution in [2.24, 2.45) is 0 Å². The zero-order chi connectivity index (χ0) is 14.3. The Bertz CT molecular complexity index is 503. The molecule has 0 bridgehead atoms. The van der Waals surface area contributed by atoms with E-state index in [0.717, 1.165) is 12.2 Å². The highest BCUT2D eigenvalue weighted by atomic mass is 35.5. The van der Waals surface area contributed by atoms with Gasteiger partial charge in [0.15, 0.2) is 0 Å². The average molecular weight is 297 g/mol. The van der Waals surface area contributed by atoms with E-state index >= 15 is 0 Å². The molecule has 0 aromatic heterocycles. The molecule has 0 unspecified atom stereocenters. The number of fused-ring (bicyclic) bond motifs is 1. The Kier molecular flexibility index (Phi) is 3.67. The van der Waals surface area contributed by atoms with Crippen LogP contribution < -0.4 is 10.2 Å². The largest absolute Gasteiger partial charge is 0.365 e. The van der Waals surface area contributed by atoms with Crippen molar-refractivity contribution >= 4 is 17.3 Å². The van der Waals surface area contributed by atoms with Crippen LogP contribution in [-0.2, 0) is 0 Å². The second kappa shape index (κ2) is 5.19. The summed E-state index contributed by atoms with van der Waals surface area (Å²) in [6.07, 6.45) is 4.99. The molecule has 0 amide bonds. The van der Waals surface area contributed by atoms with Gasteiger partial charge in [0, 0.05) is 29.9 Å². The van der Waals surface area contributed by atoms with Crippen LogP contribution in [0.5, 0.6) is 0 Å². The lowest BCUT2D eigenvalue weighted by Gasteiger charge is -2.52. The maximum atomic E-state index is 13.4. The Morgan fingerprint density at radius 2 is 2.05 bits per heavy atom. The number of piperazine rings is 1. The molecule has 3 rings (SSSR count). The second-order valence-corrected chi connectivity index (χ2v) is 7.12. The molecule has 0 radical (unpaired) electrons. The lowest BCUT2D eigenvalue weighted by Crippen LogP contribution is -2.67. The molecule has 2 atom stereocenters. The lowest BCUT2D eigenvalue weighted by molar-refractivity contribution is 0.199. The van der Waals surface area contributed by atoms with Gasteiger partial charge < -0.3 is 10.2 Å². The molecule has 4 heteroatoms. The molecule has 1 aromatic carbocycles. The molecule has 2 aliphatic rings. The first kappa shape index (κ1) is 14.2. The first-order valence-corrected chi connectivity index (χ1v) is 7.83. The zero-order valence-electron chi connectivity index (χ0n) is 12.1. The number of nitrogens with zero attached hydrogens (tertiary/aromatic N) is 1. The van der Waals surface area contributed by atoms with E-state index in [1.54, 1.807) is 6.07 Å². The first-order valence-electron chi connectivity index (χ1n) is 7.46. The van der Waals surface area contributed by atoms with Crippen LogP contribution in [-0.4, -0.2) is 24.2 Å². The molecular weight excluding hydrogens is 275 g/mol. The summed E-state index contributed by atoms with van der Waals surface area (Å²) in [7, 11) is 0. The van der Waals surface area contributed by atoms with Crippen LogP contribution in [0.15, 0.2) is 18.2 Å². The van der Waals surface area contributed by atoms with Crippen molar-refractivity contribution in [3.63, 3.8) is 0 Å². The van der Waals surface area contributed by atoms with Crippen molar-refractivity contribution in [1.29, 1.82) is 0 Å². The summed E-state index contributed by atoms with van der Waals surface area (Å²) in [5.41, 5.74) is 1.11. The van der Waals surface area contributed by atoms with E-state index in [2.05, 4.69) is 24.1 Å². The molecule has 2 nitrogen and oxygen atoms in total. The number of anilines is 1. The first-order chi connectivity index (χ1) is 9.46. The Labute approximate surface area is 125 Å². The molecule has 2 fully saturated rings. The molecule has 1 aliphatic carbocycles. The van der Waals surface area contributed by atoms with Crippen molar-refractivity contribution in [2.75, 3.05) is 11.4 Å². The maximum absolute atomic E-state index is 13.4. The highest BCUT2D eigenvalue weighted by Gasteiger charge is 2.40. The van der Waals surface area contributed by atoms with Gasteiger partial charge >= 0.3 is 0 Å². The maximum Gasteiger partial charge on any atom is 0.141 e. The van der Waals surface area contributed by atoms with Crippen LogP contribution in [0.4, 0.5) is 10.1 Å². The monoisotopic (exact) mass is 296 g/mol. The Morgan fingerprint density at radius 1 is 1.30 bits per heavy atom. The normalized spacial score (nSPS) is 29.1. The molecule has 1 saturated heterocycles. The molecule has 1 heterocycles. The molecule has 1 saturated carbocycles. The molecule has 1 aliphatic heterocycles. The van der Waals surface area contributed by atoms with Crippen molar-refractivity contribution in [2.45, 2.75) is 57.2 Å². The molecule has 1 N–H and O–H groups in total. The summed E-state index contributed by atoms with van der Waals surface area (Å²) >= 11 is 5.96. The minimum absolute atomic E-state index is 0.0688. The minimum atomic E-state index is -0.343. The predicted molar refractivity (Wildman–Crippen MR) is 82.0 cm³/mol. The van der Waals surface area contributed by atoms with Crippen LogP contribution in [0.3, 0.4) is 0 Å². The second-order valence-electron chi connectivity index (χ2n) is 6.71. The summed E-state index contributed by atoms with van der Waals surface area (Å²) in [6.45, 7) is 5.39. The van der Waals surface area contributed by atoms with E-state index in [4.69, 9.17) is 11.6 Å². The van der Waals surface area contributed by atoms with Crippen LogP contribution in [0.1, 0.15) is 39.5 Å². The third kappa shape index (κ3) is 2.66. The van der Waals surface area contributed by atoms with Gasteiger partial charge in [0.1, 0.15) is 5.82 Å². The van der Waals surface area contributed by atoms with Gasteiger partial charge in [0.25, 0.3) is 0 Å². The van der Waals surface area contributed by atoms with Crippen molar-refractivity contribution in [3.05, 3.63) is 29.0 Å². The zero-order valence-corrected chi connectivity index (χ0v) is 12.9. The van der Waals surface area contributed by atoms with Gasteiger partial charge in [-0.2, -0.15) is 0 Å². The van der Waals surface area contributed by atoms with Gasteiger partial charge in [-0.25, -0.2) is 4.39 Å². The third-order valence-electron chi connectivity index (χ3n) is 4.51. The van der Waals surface area contributed by atoms with Gasteiger partial charge in [-0.3, -0.25) is 0 Å². The summed E-state index contributed by atoms with van der Waals surface area (Å²) in [4.78, 5) is 2.42. The number of hydrogen-bond donors (Lipinski definition) is 1. The standard InChI is InChI=1S/C16H22ClFN2/c1-16(2)10-20(11-7-8-13(18)12(17)9-11)15-6-4-3-5-14(15)19-16/h7-9,14-15,19H,3-6,10H2,1-2H3/t14-,15+/m0/s1. The van der Waals surface area contributed by atoms with E-state index in [1.165, 1.54) is 31.7 Å². The van der Waals surface area contributed by atoms with Crippen molar-refractivity contribution in [3.8, 4) is 0 Å². The summed E-state index contributed by atoms with van der Waals surface area (Å²) in [5.74, 6) is -0.343. The highest BCUT2D eigenvalue weighted by Crippen LogP contribution is 2.34. The molecule has 110 valence electrons. The van der Waals surface area contributed by atoms with Crippen molar-refractivity contribution < 1.29 is 4.39 Å². The van der Waals surface area contributed by atoms with Crippen LogP contribution >= 0.6 is 11.6 Å². The number of nitrogens with one attached hydrogen (secondary N) is 1. The minimum Gasteiger partial charge on any atom is -0.365 e. The topological polar surface area (TPSA) is 15.3 Å². The quantitative estimate of drug-likeness (QED) is 0.843. The number of rotatable bonds is 1. The smallest absolute Gasteiger partial charge is 0.141 e. The Balaban J connectivity index is 1.93. The van der Waals surface area contributed by atoms with Crippen LogP contribution in [0.25, 0.3) is 0 Å². The van der Waals surface area contributed by atoms with Gasteiger partial charge in [0.05, 0.1) is 5.02 Å². The van der Waals surface area contributed by atoms with Gasteiger partial charge in [-0.15, -0.1) is 0 Å². The fourth-order valence-electron chi connectivity index (χ4n) is 3.69. The number of halogens is 2. The number of benzene rings is 1. The van der Waals surface area contributed by atoms with E-state index in [9.17, 15) is 4.39 Å². The predicted octanol–water partition coefficient (Wildman–Crippen LogP) is 3.98. The summed E-state index contributed by atoms with van der Waals surface area (Å²) in [5, 5.41) is 3.99. The molecule has 0 spiro atoms. The fourth-order valence-corrected chi connectivity index (χ4v) is 3.86. The average Bonchev–Trinajstić information content (AvgIpc) is 2.40. The number of hydrogen-bond acceptors (Lipinski definition) is 2. The fraction of sp³-hybridized carbons (Fsp3) is 0.625. The molecular formula is C16H22ClFN2. The van der Waals surface area contributed by atoms with Crippen molar-refractivity contribution in [1.82, 2.24) is 5.32 Å². The van der Waals surface area contributed by atoms with E-state index in [1.807, 2.05) is 6.07 Å². The molecule has 20 heavy (non-hydrogen) atoms. The van der Waals surface area contributed by atoms with E-state index in [0.29, 0.717) is 12.1 Å². The van der Waals surface area contributed by atoms with Gasteiger partial charge in [-0.05, 0) is 44.9 Å². The third-order valence-corrected chi connectivity index (χ3v) is 4.80. The summed E-state index contributed by atoms with van der Waals surface area (Å²) < 4.78 is 13.4. The Hall–Kier alpha value is -0.800. The van der Waals surface area contributed by atoms with E-state index < -0.39 is 0 Å². The summed E-state index contributed by atoms with van der Waals surface area (Å²) in [6, 6.07) is 6.12. The highest BCUT2D eigenvalue weighted by molar-refractivity contribution is 6.31. The lowest BCUT2D eigenvalue weighted by atomic mass is 9.83. The Morgan fingerprint density at radius 3 is 2.80 bits per heavy atom. The van der Waals surface area contributed by atoms with Gasteiger partial charge in [0.2, 0.25) is 0 Å². The van der Waals surface area contributed by atoms with Crippen LogP contribution in [0, 0.1) is 5.82 Å².